The summed E-state index contributed by atoms with van der Waals surface area (Å²) < 4.78 is 0. The Kier molecular flexibility index (Phi) is 6.19. The van der Waals surface area contributed by atoms with E-state index in [4.69, 9.17) is 5.11 Å². The SMILES string of the molecule is CNC(=O)CCNC(=O)N(C)Cc1ccc(C(=O)O)cc1. The number of aromatic carboxylic acids is 1. The van der Waals surface area contributed by atoms with Gasteiger partial charge in [0.15, 0.2) is 0 Å². The van der Waals surface area contributed by atoms with Gasteiger partial charge in [0, 0.05) is 33.6 Å². The summed E-state index contributed by atoms with van der Waals surface area (Å²) in [5.74, 6) is -1.12. The van der Waals surface area contributed by atoms with Gasteiger partial charge in [0.05, 0.1) is 5.56 Å². The summed E-state index contributed by atoms with van der Waals surface area (Å²) in [6.07, 6.45) is 0.226. The second-order valence-electron chi connectivity index (χ2n) is 4.51. The van der Waals surface area contributed by atoms with Crippen molar-refractivity contribution >= 4 is 17.9 Å². The van der Waals surface area contributed by atoms with Gasteiger partial charge >= 0.3 is 12.0 Å². The molecule has 1 aromatic carbocycles. The third-order valence-corrected chi connectivity index (χ3v) is 2.87. The number of hydrogen-bond acceptors (Lipinski definition) is 3. The van der Waals surface area contributed by atoms with E-state index in [9.17, 15) is 14.4 Å². The lowest BCUT2D eigenvalue weighted by Crippen LogP contribution is -2.38. The highest BCUT2D eigenvalue weighted by atomic mass is 16.4. The van der Waals surface area contributed by atoms with Crippen LogP contribution in [0.2, 0.25) is 0 Å². The van der Waals surface area contributed by atoms with Gasteiger partial charge < -0.3 is 20.6 Å². The molecule has 7 heteroatoms. The van der Waals surface area contributed by atoms with Crippen LogP contribution in [0.1, 0.15) is 22.3 Å². The van der Waals surface area contributed by atoms with E-state index in [1.807, 2.05) is 0 Å². The standard InChI is InChI=1S/C14H19N3O4/c1-15-12(18)7-8-16-14(21)17(2)9-10-3-5-11(6-4-10)13(19)20/h3-6H,7-9H2,1-2H3,(H,15,18)(H,16,21)(H,19,20). The maximum atomic E-state index is 11.8. The summed E-state index contributed by atoms with van der Waals surface area (Å²) in [6.45, 7) is 0.618. The molecule has 0 aliphatic rings. The largest absolute Gasteiger partial charge is 0.478 e. The topological polar surface area (TPSA) is 98.7 Å². The number of amides is 3. The van der Waals surface area contributed by atoms with Crippen molar-refractivity contribution in [3.8, 4) is 0 Å². The van der Waals surface area contributed by atoms with Gasteiger partial charge in [-0.3, -0.25) is 4.79 Å². The van der Waals surface area contributed by atoms with E-state index in [1.54, 1.807) is 19.2 Å². The molecule has 0 saturated heterocycles. The van der Waals surface area contributed by atoms with E-state index in [2.05, 4.69) is 10.6 Å². The number of benzene rings is 1. The molecule has 0 aromatic heterocycles. The van der Waals surface area contributed by atoms with Crippen LogP contribution in [-0.2, 0) is 11.3 Å². The van der Waals surface area contributed by atoms with E-state index in [0.717, 1.165) is 5.56 Å². The number of nitrogens with one attached hydrogen (secondary N) is 2. The Morgan fingerprint density at radius 2 is 1.81 bits per heavy atom. The molecular weight excluding hydrogens is 274 g/mol. The first-order chi connectivity index (χ1) is 9.93. The Hall–Kier alpha value is -2.57. The number of urea groups is 1. The lowest BCUT2D eigenvalue weighted by molar-refractivity contribution is -0.120. The average Bonchev–Trinajstić information content (AvgIpc) is 2.47. The number of carboxylic acid groups (broad SMARTS) is 1. The maximum absolute atomic E-state index is 11.8. The van der Waals surface area contributed by atoms with Crippen LogP contribution < -0.4 is 10.6 Å². The molecule has 1 rings (SSSR count). The third kappa shape index (κ3) is 5.52. The molecule has 21 heavy (non-hydrogen) atoms. The predicted octanol–water partition coefficient (Wildman–Crippen LogP) is 0.662. The molecule has 3 amide bonds. The zero-order valence-electron chi connectivity index (χ0n) is 12.0. The molecule has 0 heterocycles. The third-order valence-electron chi connectivity index (χ3n) is 2.87. The molecule has 0 fully saturated rings. The monoisotopic (exact) mass is 293 g/mol. The van der Waals surface area contributed by atoms with Crippen LogP contribution in [0, 0.1) is 0 Å². The lowest BCUT2D eigenvalue weighted by atomic mass is 10.1. The van der Waals surface area contributed by atoms with Crippen molar-refractivity contribution in [3.63, 3.8) is 0 Å². The van der Waals surface area contributed by atoms with Crippen molar-refractivity contribution < 1.29 is 19.5 Å². The van der Waals surface area contributed by atoms with Crippen molar-refractivity contribution in [2.75, 3.05) is 20.6 Å². The van der Waals surface area contributed by atoms with Gasteiger partial charge in [-0.1, -0.05) is 12.1 Å². The van der Waals surface area contributed by atoms with E-state index >= 15 is 0 Å². The van der Waals surface area contributed by atoms with Gasteiger partial charge in [-0.25, -0.2) is 9.59 Å². The molecule has 0 aliphatic heterocycles. The summed E-state index contributed by atoms with van der Waals surface area (Å²) >= 11 is 0. The normalized spacial score (nSPS) is 9.81. The first kappa shape index (κ1) is 16.5. The molecule has 0 radical (unpaired) electrons. The smallest absolute Gasteiger partial charge is 0.335 e. The van der Waals surface area contributed by atoms with Gasteiger partial charge in [-0.15, -0.1) is 0 Å². The average molecular weight is 293 g/mol. The van der Waals surface area contributed by atoms with Crippen LogP contribution in [0.5, 0.6) is 0 Å². The Bertz CT molecular complexity index is 513. The molecule has 0 bridgehead atoms. The fraction of sp³-hybridized carbons (Fsp3) is 0.357. The van der Waals surface area contributed by atoms with Crippen molar-refractivity contribution in [1.29, 1.82) is 0 Å². The second kappa shape index (κ2) is 7.88. The Morgan fingerprint density at radius 3 is 2.33 bits per heavy atom. The first-order valence-corrected chi connectivity index (χ1v) is 6.46. The fourth-order valence-electron chi connectivity index (χ4n) is 1.64. The molecule has 7 nitrogen and oxygen atoms in total. The van der Waals surface area contributed by atoms with Crippen LogP contribution in [0.15, 0.2) is 24.3 Å². The summed E-state index contributed by atoms with van der Waals surface area (Å²) in [6, 6.07) is 6.03. The highest BCUT2D eigenvalue weighted by Gasteiger charge is 2.10. The van der Waals surface area contributed by atoms with E-state index in [1.165, 1.54) is 24.1 Å². The number of rotatable bonds is 6. The molecule has 0 saturated carbocycles. The van der Waals surface area contributed by atoms with Crippen molar-refractivity contribution in [1.82, 2.24) is 15.5 Å². The van der Waals surface area contributed by atoms with Crippen molar-refractivity contribution in [2.24, 2.45) is 0 Å². The van der Waals surface area contributed by atoms with Gasteiger partial charge in [-0.05, 0) is 17.7 Å². The van der Waals surface area contributed by atoms with E-state index in [-0.39, 0.29) is 30.5 Å². The Morgan fingerprint density at radius 1 is 1.19 bits per heavy atom. The number of carboxylic acids is 1. The number of carbonyl (C=O) groups is 3. The quantitative estimate of drug-likeness (QED) is 0.717. The Balaban J connectivity index is 2.44. The predicted molar refractivity (Wildman–Crippen MR) is 77.0 cm³/mol. The molecule has 114 valence electrons. The van der Waals surface area contributed by atoms with Crippen molar-refractivity contribution in [3.05, 3.63) is 35.4 Å². The first-order valence-electron chi connectivity index (χ1n) is 6.46. The van der Waals surface area contributed by atoms with Crippen LogP contribution in [0.4, 0.5) is 4.79 Å². The van der Waals surface area contributed by atoms with E-state index in [0.29, 0.717) is 6.54 Å². The minimum atomic E-state index is -0.984. The zero-order chi connectivity index (χ0) is 15.8. The second-order valence-corrected chi connectivity index (χ2v) is 4.51. The fourth-order valence-corrected chi connectivity index (χ4v) is 1.64. The van der Waals surface area contributed by atoms with Crippen LogP contribution in [0.25, 0.3) is 0 Å². The van der Waals surface area contributed by atoms with Crippen LogP contribution in [0.3, 0.4) is 0 Å². The molecule has 0 atom stereocenters. The molecule has 3 N–H and O–H groups in total. The molecular formula is C14H19N3O4. The van der Waals surface area contributed by atoms with E-state index < -0.39 is 5.97 Å². The number of hydrogen-bond donors (Lipinski definition) is 3. The maximum Gasteiger partial charge on any atom is 0.335 e. The molecule has 0 aliphatic carbocycles. The highest BCUT2D eigenvalue weighted by Crippen LogP contribution is 2.07. The lowest BCUT2D eigenvalue weighted by Gasteiger charge is -2.18. The highest BCUT2D eigenvalue weighted by molar-refractivity contribution is 5.87. The van der Waals surface area contributed by atoms with Crippen molar-refractivity contribution in [2.45, 2.75) is 13.0 Å². The van der Waals surface area contributed by atoms with Gasteiger partial charge in [0.2, 0.25) is 5.91 Å². The molecule has 1 aromatic rings. The minimum Gasteiger partial charge on any atom is -0.478 e. The summed E-state index contributed by atoms with van der Waals surface area (Å²) in [5.41, 5.74) is 1.03. The summed E-state index contributed by atoms with van der Waals surface area (Å²) in [5, 5.41) is 13.9. The zero-order valence-corrected chi connectivity index (χ0v) is 12.0. The minimum absolute atomic E-state index is 0.137. The molecule has 0 unspecified atom stereocenters. The summed E-state index contributed by atoms with van der Waals surface area (Å²) in [4.78, 5) is 35.0. The van der Waals surface area contributed by atoms with Gasteiger partial charge in [0.1, 0.15) is 0 Å². The van der Waals surface area contributed by atoms with Gasteiger partial charge in [-0.2, -0.15) is 0 Å². The number of nitrogens with zero attached hydrogens (tertiary/aromatic N) is 1. The van der Waals surface area contributed by atoms with Crippen LogP contribution in [-0.4, -0.2) is 48.6 Å². The Labute approximate surface area is 122 Å². The van der Waals surface area contributed by atoms with Gasteiger partial charge in [0.25, 0.3) is 0 Å². The summed E-state index contributed by atoms with van der Waals surface area (Å²) in [7, 11) is 3.16. The number of carbonyl (C=O) groups excluding carboxylic acids is 2. The molecule has 0 spiro atoms. The van der Waals surface area contributed by atoms with Crippen LogP contribution >= 0.6 is 0 Å².